The quantitative estimate of drug-likeness (QED) is 0.420. The smallest absolute Gasteiger partial charge is 0.305 e. The molecule has 0 aliphatic carbocycles. The maximum absolute atomic E-state index is 12.0. The van der Waals surface area contributed by atoms with Gasteiger partial charge in [0.1, 0.15) is 0 Å². The second-order valence-electron chi connectivity index (χ2n) is 2.18. The van der Waals surface area contributed by atoms with Crippen molar-refractivity contribution in [3.63, 3.8) is 0 Å². The van der Waals surface area contributed by atoms with E-state index in [1.807, 2.05) is 0 Å². The van der Waals surface area contributed by atoms with Gasteiger partial charge in [-0.3, -0.25) is 0 Å². The summed E-state index contributed by atoms with van der Waals surface area (Å²) in [6.45, 7) is -0.314. The van der Waals surface area contributed by atoms with Gasteiger partial charge in [-0.05, 0) is 6.42 Å². The van der Waals surface area contributed by atoms with E-state index >= 15 is 0 Å². The molecule has 0 aromatic rings. The van der Waals surface area contributed by atoms with Gasteiger partial charge >= 0.3 is 12.1 Å². The molecule has 0 saturated carbocycles. The molecule has 0 aromatic carbocycles. The maximum Gasteiger partial charge on any atom is 0.453 e. The van der Waals surface area contributed by atoms with Crippen LogP contribution in [0.1, 0.15) is 12.8 Å². The third-order valence-corrected chi connectivity index (χ3v) is 1.17. The highest BCUT2D eigenvalue weighted by molar-refractivity contribution is 4.74. The molecule has 0 heterocycles. The lowest BCUT2D eigenvalue weighted by Gasteiger charge is -2.18. The Morgan fingerprint density at radius 2 is 1.58 bits per heavy atom. The molecule has 0 aromatic heterocycles. The Kier molecular flexibility index (Phi) is 3.85. The molecule has 7 heteroatoms. The van der Waals surface area contributed by atoms with Gasteiger partial charge in [-0.25, -0.2) is 5.90 Å². The summed E-state index contributed by atoms with van der Waals surface area (Å²) in [7, 11) is 0. The minimum Gasteiger partial charge on any atom is -0.305 e. The number of nitrogens with two attached hydrogens (primary N) is 1. The second kappa shape index (κ2) is 3.99. The minimum absolute atomic E-state index is 0.314. The first-order chi connectivity index (χ1) is 5.31. The van der Waals surface area contributed by atoms with E-state index in [1.54, 1.807) is 0 Å². The molecule has 0 atom stereocenters. The summed E-state index contributed by atoms with van der Waals surface area (Å²) in [4.78, 5) is 3.85. The van der Waals surface area contributed by atoms with Crippen LogP contribution in [0.3, 0.4) is 0 Å². The molecule has 0 aliphatic rings. The fourth-order valence-electron chi connectivity index (χ4n) is 0.519. The molecule has 0 unspecified atom stereocenters. The Balaban J connectivity index is 3.88. The molecule has 2 nitrogen and oxygen atoms in total. The Hall–Kier alpha value is -0.430. The molecule has 74 valence electrons. The number of hydrogen-bond acceptors (Lipinski definition) is 2. The van der Waals surface area contributed by atoms with E-state index in [4.69, 9.17) is 0 Å². The summed E-state index contributed by atoms with van der Waals surface area (Å²) < 4.78 is 58.4. The molecule has 0 radical (unpaired) electrons. The highest BCUT2D eigenvalue weighted by Gasteiger charge is 2.56. The second-order valence-corrected chi connectivity index (χ2v) is 2.18. The van der Waals surface area contributed by atoms with Crippen molar-refractivity contribution in [1.29, 1.82) is 0 Å². The van der Waals surface area contributed by atoms with Crippen LogP contribution in [-0.4, -0.2) is 18.7 Å². The first-order valence-electron chi connectivity index (χ1n) is 3.07. The molecule has 12 heavy (non-hydrogen) atoms. The molecule has 0 fully saturated rings. The zero-order chi connectivity index (χ0) is 9.83. The number of rotatable bonds is 4. The zero-order valence-corrected chi connectivity index (χ0v) is 6.00. The molecule has 0 spiro atoms. The summed E-state index contributed by atoms with van der Waals surface area (Å²) in [5.41, 5.74) is 0. The van der Waals surface area contributed by atoms with Gasteiger partial charge < -0.3 is 4.84 Å². The zero-order valence-electron chi connectivity index (χ0n) is 6.00. The lowest BCUT2D eigenvalue weighted by atomic mass is 10.2. The average molecular weight is 193 g/mol. The predicted octanol–water partition coefficient (Wildman–Crippen LogP) is 1.85. The lowest BCUT2D eigenvalue weighted by molar-refractivity contribution is -0.285. The third-order valence-electron chi connectivity index (χ3n) is 1.17. The molecule has 0 rings (SSSR count). The summed E-state index contributed by atoms with van der Waals surface area (Å²) in [5, 5.41) is 0. The average Bonchev–Trinajstić information content (AvgIpc) is 1.85. The van der Waals surface area contributed by atoms with Crippen molar-refractivity contribution in [3.8, 4) is 0 Å². The van der Waals surface area contributed by atoms with Gasteiger partial charge in [0.05, 0.1) is 6.61 Å². The highest BCUT2D eigenvalue weighted by Crippen LogP contribution is 2.38. The van der Waals surface area contributed by atoms with Gasteiger partial charge in [0.2, 0.25) is 0 Å². The topological polar surface area (TPSA) is 35.2 Å². The summed E-state index contributed by atoms with van der Waals surface area (Å²) in [5.74, 6) is -0.207. The predicted molar refractivity (Wildman–Crippen MR) is 30.4 cm³/mol. The standard InChI is InChI=1S/C5H8F5NO/c6-4(7,5(8,9)10)2-1-3-12-11/h1-3,11H2. The van der Waals surface area contributed by atoms with Crippen molar-refractivity contribution in [1.82, 2.24) is 0 Å². The lowest BCUT2D eigenvalue weighted by Crippen LogP contribution is -2.36. The van der Waals surface area contributed by atoms with Crippen LogP contribution in [0.25, 0.3) is 0 Å². The summed E-state index contributed by atoms with van der Waals surface area (Å²) in [6.07, 6.45) is -7.21. The number of alkyl halides is 5. The number of hydrogen-bond donors (Lipinski definition) is 1. The fourth-order valence-corrected chi connectivity index (χ4v) is 0.519. The van der Waals surface area contributed by atoms with Crippen molar-refractivity contribution in [2.24, 2.45) is 5.90 Å². The van der Waals surface area contributed by atoms with Gasteiger partial charge in [-0.15, -0.1) is 0 Å². The van der Waals surface area contributed by atoms with Gasteiger partial charge in [-0.2, -0.15) is 22.0 Å². The summed E-state index contributed by atoms with van der Waals surface area (Å²) >= 11 is 0. The van der Waals surface area contributed by atoms with Crippen LogP contribution >= 0.6 is 0 Å². The fraction of sp³-hybridized carbons (Fsp3) is 1.00. The van der Waals surface area contributed by atoms with E-state index in [9.17, 15) is 22.0 Å². The highest BCUT2D eigenvalue weighted by atomic mass is 19.4. The Morgan fingerprint density at radius 1 is 1.08 bits per heavy atom. The SMILES string of the molecule is NOCCCC(F)(F)C(F)(F)F. The Labute approximate surface area is 65.4 Å². The third kappa shape index (κ3) is 3.31. The first-order valence-corrected chi connectivity index (χ1v) is 3.07. The number of halogens is 5. The van der Waals surface area contributed by atoms with E-state index < -0.39 is 24.9 Å². The molecule has 2 N–H and O–H groups in total. The molecule has 0 aliphatic heterocycles. The van der Waals surface area contributed by atoms with Crippen LogP contribution in [-0.2, 0) is 4.84 Å². The van der Waals surface area contributed by atoms with E-state index in [0.29, 0.717) is 0 Å². The first kappa shape index (κ1) is 11.6. The molecule has 0 saturated heterocycles. The van der Waals surface area contributed by atoms with E-state index in [2.05, 4.69) is 10.7 Å². The Bertz CT molecular complexity index is 134. The van der Waals surface area contributed by atoms with E-state index in [1.165, 1.54) is 0 Å². The van der Waals surface area contributed by atoms with Crippen LogP contribution < -0.4 is 5.90 Å². The van der Waals surface area contributed by atoms with Gasteiger partial charge in [-0.1, -0.05) is 0 Å². The van der Waals surface area contributed by atoms with Crippen molar-refractivity contribution in [2.75, 3.05) is 6.61 Å². The van der Waals surface area contributed by atoms with Crippen molar-refractivity contribution < 1.29 is 26.8 Å². The monoisotopic (exact) mass is 193 g/mol. The molecule has 0 amide bonds. The van der Waals surface area contributed by atoms with Crippen LogP contribution in [0.15, 0.2) is 0 Å². The van der Waals surface area contributed by atoms with E-state index in [0.717, 1.165) is 0 Å². The van der Waals surface area contributed by atoms with Crippen molar-refractivity contribution >= 4 is 0 Å². The normalized spacial score (nSPS) is 13.5. The largest absolute Gasteiger partial charge is 0.453 e. The Morgan fingerprint density at radius 3 is 1.92 bits per heavy atom. The molecular formula is C5H8F5NO. The van der Waals surface area contributed by atoms with Gasteiger partial charge in [0, 0.05) is 6.42 Å². The molecule has 0 bridgehead atoms. The van der Waals surface area contributed by atoms with E-state index in [-0.39, 0.29) is 6.61 Å². The maximum atomic E-state index is 12.0. The van der Waals surface area contributed by atoms with Crippen LogP contribution in [0.4, 0.5) is 22.0 Å². The van der Waals surface area contributed by atoms with Gasteiger partial charge in [0.15, 0.2) is 0 Å². The van der Waals surface area contributed by atoms with Gasteiger partial charge in [0.25, 0.3) is 0 Å². The summed E-state index contributed by atoms with van der Waals surface area (Å²) in [6, 6.07) is 0. The van der Waals surface area contributed by atoms with Crippen LogP contribution in [0.5, 0.6) is 0 Å². The van der Waals surface area contributed by atoms with Crippen LogP contribution in [0.2, 0.25) is 0 Å². The van der Waals surface area contributed by atoms with Crippen LogP contribution in [0, 0.1) is 0 Å². The molecular weight excluding hydrogens is 185 g/mol. The van der Waals surface area contributed by atoms with Crippen molar-refractivity contribution in [3.05, 3.63) is 0 Å². The minimum atomic E-state index is -5.48. The van der Waals surface area contributed by atoms with Crippen molar-refractivity contribution in [2.45, 2.75) is 24.9 Å².